The predicted molar refractivity (Wildman–Crippen MR) is 121 cm³/mol. The minimum absolute atomic E-state index is 0.0855. The van der Waals surface area contributed by atoms with Gasteiger partial charge in [0.2, 0.25) is 5.91 Å². The van der Waals surface area contributed by atoms with E-state index in [0.717, 1.165) is 30.0 Å². The van der Waals surface area contributed by atoms with E-state index in [1.54, 1.807) is 4.90 Å². The number of amides is 1. The van der Waals surface area contributed by atoms with Crippen molar-refractivity contribution < 1.29 is 4.79 Å². The maximum absolute atomic E-state index is 12.7. The standard InChI is InChI=1S/C21H19ClIN5O/c22-18-2-1-3-19(10-18)27-9-8-26(15-21(27)29)14-20-12-25-23-28(20)13-17-6-4-16(11-24)5-7-17/h1-7,10,12H,8-9,13-15H2. The lowest BCUT2D eigenvalue weighted by Crippen LogP contribution is -2.51. The average Bonchev–Trinajstić information content (AvgIpc) is 3.15. The Hall–Kier alpha value is -2.28. The van der Waals surface area contributed by atoms with Gasteiger partial charge in [-0.1, -0.05) is 29.8 Å². The predicted octanol–water partition coefficient (Wildman–Crippen LogP) is 4.29. The number of nitriles is 1. The molecular formula is C21H19ClIN5O. The first-order chi connectivity index (χ1) is 14.1. The highest BCUT2D eigenvalue weighted by Crippen LogP contribution is 2.29. The van der Waals surface area contributed by atoms with Crippen LogP contribution in [0.25, 0.3) is 0 Å². The van der Waals surface area contributed by atoms with Gasteiger partial charge in [-0.25, -0.2) is 3.15 Å². The van der Waals surface area contributed by atoms with Crippen LogP contribution in [0, 0.1) is 11.3 Å². The van der Waals surface area contributed by atoms with Crippen molar-refractivity contribution in [2.45, 2.75) is 6.54 Å². The smallest absolute Gasteiger partial charge is 0.241 e. The van der Waals surface area contributed by atoms with Gasteiger partial charge >= 0.3 is 0 Å². The van der Waals surface area contributed by atoms with Gasteiger partial charge in [-0.3, -0.25) is 9.69 Å². The molecule has 0 radical (unpaired) electrons. The molecule has 4 rings (SSSR count). The molecule has 1 saturated heterocycles. The minimum atomic E-state index is -0.427. The SMILES string of the molecule is N#Cc1ccc(CN2I=NC=C2CN2CCN(c3cccc(Cl)c3)C(=O)C2)cc1. The zero-order chi connectivity index (χ0) is 20.2. The molecule has 0 aromatic heterocycles. The summed E-state index contributed by atoms with van der Waals surface area (Å²) in [5, 5.41) is 9.58. The van der Waals surface area contributed by atoms with Crippen LogP contribution in [0.5, 0.6) is 0 Å². The Bertz CT molecular complexity index is 1010. The summed E-state index contributed by atoms with van der Waals surface area (Å²) in [7, 11) is 0. The number of piperazine rings is 1. The van der Waals surface area contributed by atoms with Crippen molar-refractivity contribution in [3.63, 3.8) is 0 Å². The summed E-state index contributed by atoms with van der Waals surface area (Å²) in [6.07, 6.45) is 1.95. The molecule has 2 aliphatic heterocycles. The summed E-state index contributed by atoms with van der Waals surface area (Å²) in [5.74, 6) is 0.0855. The van der Waals surface area contributed by atoms with E-state index >= 15 is 0 Å². The van der Waals surface area contributed by atoms with E-state index in [9.17, 15) is 4.79 Å². The maximum Gasteiger partial charge on any atom is 0.241 e. The van der Waals surface area contributed by atoms with Gasteiger partial charge in [0.1, 0.15) is 21.3 Å². The number of hydrogen-bond donors (Lipinski definition) is 0. The number of nitrogens with zero attached hydrogens (tertiary/aromatic N) is 5. The van der Waals surface area contributed by atoms with Crippen LogP contribution in [-0.2, 0) is 11.3 Å². The zero-order valence-electron chi connectivity index (χ0n) is 15.6. The lowest BCUT2D eigenvalue weighted by Gasteiger charge is -2.35. The normalized spacial score (nSPS) is 17.1. The number of carbonyl (C=O) groups excluding carboxylic acids is 1. The second kappa shape index (κ2) is 9.03. The van der Waals surface area contributed by atoms with Crippen molar-refractivity contribution in [1.29, 1.82) is 5.26 Å². The van der Waals surface area contributed by atoms with Crippen molar-refractivity contribution in [2.24, 2.45) is 3.15 Å². The Kier molecular flexibility index (Phi) is 6.23. The molecule has 2 aromatic rings. The van der Waals surface area contributed by atoms with Crippen LogP contribution < -0.4 is 4.90 Å². The van der Waals surface area contributed by atoms with E-state index in [-0.39, 0.29) is 5.91 Å². The molecule has 2 aromatic carbocycles. The van der Waals surface area contributed by atoms with Crippen LogP contribution in [0.2, 0.25) is 5.02 Å². The number of hydrogen-bond acceptors (Lipinski definition) is 5. The molecule has 0 saturated carbocycles. The molecule has 0 N–H and O–H groups in total. The molecule has 29 heavy (non-hydrogen) atoms. The van der Waals surface area contributed by atoms with E-state index in [0.29, 0.717) is 30.2 Å². The van der Waals surface area contributed by atoms with Gasteiger partial charge in [0.15, 0.2) is 0 Å². The van der Waals surface area contributed by atoms with Gasteiger partial charge in [0.25, 0.3) is 0 Å². The van der Waals surface area contributed by atoms with Gasteiger partial charge < -0.3 is 8.01 Å². The monoisotopic (exact) mass is 519 g/mol. The third-order valence-electron chi connectivity index (χ3n) is 4.85. The molecule has 6 nitrogen and oxygen atoms in total. The number of rotatable bonds is 5. The maximum atomic E-state index is 12.7. The minimum Gasteiger partial charge on any atom is -0.310 e. The van der Waals surface area contributed by atoms with Crippen LogP contribution in [0.4, 0.5) is 5.69 Å². The number of benzene rings is 2. The second-order valence-electron chi connectivity index (χ2n) is 6.86. The molecule has 0 unspecified atom stereocenters. The highest BCUT2D eigenvalue weighted by Gasteiger charge is 2.27. The third kappa shape index (κ3) is 4.83. The van der Waals surface area contributed by atoms with Gasteiger partial charge in [0, 0.05) is 30.3 Å². The zero-order valence-corrected chi connectivity index (χ0v) is 18.5. The van der Waals surface area contributed by atoms with Gasteiger partial charge in [0.05, 0.1) is 36.6 Å². The third-order valence-corrected chi connectivity index (χ3v) is 7.10. The average molecular weight is 520 g/mol. The molecule has 0 spiro atoms. The van der Waals surface area contributed by atoms with Gasteiger partial charge in [-0.05, 0) is 35.9 Å². The van der Waals surface area contributed by atoms with Crippen molar-refractivity contribution in [2.75, 3.05) is 31.1 Å². The highest BCUT2D eigenvalue weighted by atomic mass is 127. The van der Waals surface area contributed by atoms with Crippen LogP contribution in [-0.4, -0.2) is 40.1 Å². The fourth-order valence-corrected chi connectivity index (χ4v) is 5.37. The van der Waals surface area contributed by atoms with Gasteiger partial charge in [-0.2, -0.15) is 5.26 Å². The van der Waals surface area contributed by atoms with E-state index in [1.807, 2.05) is 54.7 Å². The number of halogens is 2. The van der Waals surface area contributed by atoms with Crippen molar-refractivity contribution in [3.05, 3.63) is 76.6 Å². The fourth-order valence-electron chi connectivity index (χ4n) is 3.34. The van der Waals surface area contributed by atoms with E-state index in [1.165, 1.54) is 0 Å². The first-order valence-electron chi connectivity index (χ1n) is 9.21. The molecule has 1 fully saturated rings. The molecule has 0 aliphatic carbocycles. The summed E-state index contributed by atoms with van der Waals surface area (Å²) < 4.78 is 6.83. The fraction of sp³-hybridized carbons (Fsp3) is 0.238. The number of carbonyl (C=O) groups is 1. The Morgan fingerprint density at radius 2 is 1.97 bits per heavy atom. The van der Waals surface area contributed by atoms with E-state index < -0.39 is 21.3 Å². The second-order valence-corrected chi connectivity index (χ2v) is 9.45. The number of anilines is 1. The Morgan fingerprint density at radius 3 is 2.69 bits per heavy atom. The Morgan fingerprint density at radius 1 is 1.14 bits per heavy atom. The lowest BCUT2D eigenvalue weighted by molar-refractivity contribution is -0.121. The summed E-state index contributed by atoms with van der Waals surface area (Å²) in [4.78, 5) is 16.7. The van der Waals surface area contributed by atoms with E-state index in [2.05, 4.69) is 17.2 Å². The summed E-state index contributed by atoms with van der Waals surface area (Å²) in [6.45, 7) is 3.33. The van der Waals surface area contributed by atoms with Crippen LogP contribution in [0.3, 0.4) is 0 Å². The molecule has 1 amide bonds. The molecule has 0 bridgehead atoms. The van der Waals surface area contributed by atoms with Gasteiger partial charge in [-0.15, -0.1) is 0 Å². The van der Waals surface area contributed by atoms with Crippen molar-refractivity contribution >= 4 is 44.5 Å². The molecule has 2 aliphatic rings. The molecule has 148 valence electrons. The van der Waals surface area contributed by atoms with E-state index in [4.69, 9.17) is 16.9 Å². The van der Waals surface area contributed by atoms with Crippen LogP contribution in [0.1, 0.15) is 11.1 Å². The topological polar surface area (TPSA) is 62.9 Å². The first kappa shape index (κ1) is 20.0. The van der Waals surface area contributed by atoms with Crippen molar-refractivity contribution in [1.82, 2.24) is 8.01 Å². The van der Waals surface area contributed by atoms with Crippen LogP contribution >= 0.6 is 32.9 Å². The summed E-state index contributed by atoms with van der Waals surface area (Å²) >= 11 is 5.64. The van der Waals surface area contributed by atoms with Crippen LogP contribution in [0.15, 0.2) is 63.6 Å². The quantitative estimate of drug-likeness (QED) is 0.437. The Balaban J connectivity index is 1.36. The molecule has 0 atom stereocenters. The Labute approximate surface area is 185 Å². The lowest BCUT2D eigenvalue weighted by atomic mass is 10.1. The molecule has 8 heteroatoms. The van der Waals surface area contributed by atoms with Crippen molar-refractivity contribution in [3.8, 4) is 6.07 Å². The largest absolute Gasteiger partial charge is 0.310 e. The molecule has 2 heterocycles. The molecular weight excluding hydrogens is 501 g/mol. The summed E-state index contributed by atoms with van der Waals surface area (Å²) in [5.41, 5.74) is 3.84. The summed E-state index contributed by atoms with van der Waals surface area (Å²) in [6, 6.07) is 17.3. The first-order valence-corrected chi connectivity index (χ1v) is 11.5. The highest BCUT2D eigenvalue weighted by molar-refractivity contribution is 14.1.